The minimum Gasteiger partial charge on any atom is -0.319 e. The van der Waals surface area contributed by atoms with Crippen LogP contribution >= 0.6 is 11.6 Å². The minimum absolute atomic E-state index is 0.0860. The number of para-hydroxylation sites is 1. The van der Waals surface area contributed by atoms with Crippen LogP contribution in [0.1, 0.15) is 18.9 Å². The first kappa shape index (κ1) is 14.6. The van der Waals surface area contributed by atoms with Crippen molar-refractivity contribution in [2.75, 3.05) is 4.90 Å². The highest BCUT2D eigenvalue weighted by atomic mass is 35.5. The Bertz CT molecular complexity index is 568. The van der Waals surface area contributed by atoms with Gasteiger partial charge in [0.25, 0.3) is 0 Å². The fourth-order valence-corrected chi connectivity index (χ4v) is 2.13. The predicted molar refractivity (Wildman–Crippen MR) is 80.8 cm³/mol. The highest BCUT2D eigenvalue weighted by Crippen LogP contribution is 2.22. The number of anilines is 1. The van der Waals surface area contributed by atoms with Crippen LogP contribution in [0.25, 0.3) is 0 Å². The predicted octanol–water partition coefficient (Wildman–Crippen LogP) is 3.20. The van der Waals surface area contributed by atoms with Gasteiger partial charge < -0.3 is 4.57 Å². The van der Waals surface area contributed by atoms with Gasteiger partial charge in [-0.05, 0) is 25.0 Å². The van der Waals surface area contributed by atoms with Gasteiger partial charge in [-0.3, -0.25) is 9.69 Å². The summed E-state index contributed by atoms with van der Waals surface area (Å²) in [4.78, 5) is 18.2. The summed E-state index contributed by atoms with van der Waals surface area (Å²) in [5, 5.41) is -0.516. The summed E-state index contributed by atoms with van der Waals surface area (Å²) in [6.07, 6.45) is 5.81. The summed E-state index contributed by atoms with van der Waals surface area (Å²) < 4.78 is 1.85. The summed E-state index contributed by atoms with van der Waals surface area (Å²) in [5.41, 5.74) is 1.92. The molecule has 0 saturated carbocycles. The lowest BCUT2D eigenvalue weighted by Gasteiger charge is -2.26. The van der Waals surface area contributed by atoms with Crippen LogP contribution in [0, 0.1) is 6.92 Å². The normalized spacial score (nSPS) is 12.2. The van der Waals surface area contributed by atoms with E-state index in [1.807, 2.05) is 48.9 Å². The Morgan fingerprint density at radius 1 is 1.45 bits per heavy atom. The fourth-order valence-electron chi connectivity index (χ4n) is 2.01. The second-order valence-corrected chi connectivity index (χ2v) is 5.17. The first-order valence-corrected chi connectivity index (χ1v) is 7.04. The van der Waals surface area contributed by atoms with E-state index in [2.05, 4.69) is 4.98 Å². The highest BCUT2D eigenvalue weighted by Gasteiger charge is 2.23. The summed E-state index contributed by atoms with van der Waals surface area (Å²) in [5.74, 6) is -0.0860. The van der Waals surface area contributed by atoms with Crippen LogP contribution < -0.4 is 4.90 Å². The number of alkyl halides is 1. The van der Waals surface area contributed by atoms with Gasteiger partial charge in [0.2, 0.25) is 5.91 Å². The van der Waals surface area contributed by atoms with Gasteiger partial charge in [-0.2, -0.15) is 0 Å². The molecular formula is C15H18ClN3O. The van der Waals surface area contributed by atoms with E-state index in [9.17, 15) is 4.79 Å². The third-order valence-electron chi connectivity index (χ3n) is 3.16. The zero-order chi connectivity index (χ0) is 14.5. The number of aromatic nitrogens is 2. The molecule has 1 amide bonds. The van der Waals surface area contributed by atoms with Crippen LogP contribution in [0.2, 0.25) is 0 Å². The molecule has 0 N–H and O–H groups in total. The molecular weight excluding hydrogens is 274 g/mol. The van der Waals surface area contributed by atoms with Crippen LogP contribution in [-0.2, 0) is 11.5 Å². The molecule has 20 heavy (non-hydrogen) atoms. The van der Waals surface area contributed by atoms with Gasteiger partial charge in [0.05, 0.1) is 6.33 Å². The number of nitrogens with zero attached hydrogens (tertiary/aromatic N) is 3. The van der Waals surface area contributed by atoms with E-state index in [-0.39, 0.29) is 5.91 Å². The van der Waals surface area contributed by atoms with Crippen molar-refractivity contribution in [2.24, 2.45) is 0 Å². The number of amides is 1. The second-order valence-electron chi connectivity index (χ2n) is 4.65. The Morgan fingerprint density at radius 3 is 2.80 bits per heavy atom. The van der Waals surface area contributed by atoms with Gasteiger partial charge in [-0.15, -0.1) is 11.6 Å². The molecule has 0 aliphatic rings. The van der Waals surface area contributed by atoms with E-state index < -0.39 is 5.38 Å². The number of carbonyl (C=O) groups excluding carboxylic acids is 1. The Hall–Kier alpha value is -1.81. The maximum Gasteiger partial charge on any atom is 0.246 e. The van der Waals surface area contributed by atoms with Crippen molar-refractivity contribution < 1.29 is 4.79 Å². The molecule has 0 aliphatic carbocycles. The summed E-state index contributed by atoms with van der Waals surface area (Å²) in [6, 6.07) is 7.80. The van der Waals surface area contributed by atoms with Crippen molar-refractivity contribution in [1.29, 1.82) is 0 Å². The third kappa shape index (κ3) is 3.20. The quantitative estimate of drug-likeness (QED) is 0.794. The van der Waals surface area contributed by atoms with Crippen molar-refractivity contribution in [1.82, 2.24) is 9.55 Å². The average Bonchev–Trinajstić information content (AvgIpc) is 2.97. The Kier molecular flexibility index (Phi) is 4.79. The number of halogens is 1. The second kappa shape index (κ2) is 6.57. The third-order valence-corrected chi connectivity index (χ3v) is 3.66. The van der Waals surface area contributed by atoms with Crippen LogP contribution in [0.15, 0.2) is 43.0 Å². The smallest absolute Gasteiger partial charge is 0.246 e. The number of benzene rings is 1. The summed E-state index contributed by atoms with van der Waals surface area (Å²) in [7, 11) is 0. The van der Waals surface area contributed by atoms with Gasteiger partial charge in [0.15, 0.2) is 0 Å². The number of hydrogen-bond acceptors (Lipinski definition) is 2. The molecule has 1 heterocycles. The zero-order valence-corrected chi connectivity index (χ0v) is 12.4. The maximum absolute atomic E-state index is 12.5. The molecule has 0 fully saturated rings. The number of rotatable bonds is 5. The zero-order valence-electron chi connectivity index (χ0n) is 11.7. The molecule has 0 bridgehead atoms. The molecule has 0 saturated heterocycles. The number of imidazole rings is 1. The Balaban J connectivity index is 2.33. The first-order valence-electron chi connectivity index (χ1n) is 6.60. The topological polar surface area (TPSA) is 38.1 Å². The van der Waals surface area contributed by atoms with E-state index in [4.69, 9.17) is 11.6 Å². The van der Waals surface area contributed by atoms with Gasteiger partial charge >= 0.3 is 0 Å². The molecule has 1 aromatic carbocycles. The number of aryl methyl sites for hydroxylation is 1. The standard InChI is InChI=1S/C15H18ClN3O/c1-3-13(16)15(20)19(11-18-9-8-17-10-18)14-7-5-4-6-12(14)2/h4-10,13H,3,11H2,1-2H3. The molecule has 1 unspecified atom stereocenters. The van der Waals surface area contributed by atoms with Crippen molar-refractivity contribution >= 4 is 23.2 Å². The van der Waals surface area contributed by atoms with Gasteiger partial charge in [-0.25, -0.2) is 4.98 Å². The van der Waals surface area contributed by atoms with E-state index >= 15 is 0 Å². The molecule has 1 atom stereocenters. The average molecular weight is 292 g/mol. The van der Waals surface area contributed by atoms with E-state index in [1.54, 1.807) is 17.4 Å². The molecule has 0 aliphatic heterocycles. The van der Waals surface area contributed by atoms with Gasteiger partial charge in [0, 0.05) is 18.1 Å². The summed E-state index contributed by atoms with van der Waals surface area (Å²) in [6.45, 7) is 4.30. The maximum atomic E-state index is 12.5. The number of carbonyl (C=O) groups is 1. The van der Waals surface area contributed by atoms with Gasteiger partial charge in [-0.1, -0.05) is 25.1 Å². The van der Waals surface area contributed by atoms with Crippen LogP contribution in [0.3, 0.4) is 0 Å². The molecule has 4 nitrogen and oxygen atoms in total. The van der Waals surface area contributed by atoms with Crippen molar-refractivity contribution in [2.45, 2.75) is 32.3 Å². The van der Waals surface area contributed by atoms with E-state index in [1.165, 1.54) is 0 Å². The van der Waals surface area contributed by atoms with Crippen molar-refractivity contribution in [3.63, 3.8) is 0 Å². The highest BCUT2D eigenvalue weighted by molar-refractivity contribution is 6.32. The molecule has 0 spiro atoms. The van der Waals surface area contributed by atoms with Gasteiger partial charge in [0.1, 0.15) is 12.0 Å². The largest absolute Gasteiger partial charge is 0.319 e. The minimum atomic E-state index is -0.516. The lowest BCUT2D eigenvalue weighted by molar-refractivity contribution is -0.118. The van der Waals surface area contributed by atoms with E-state index in [0.717, 1.165) is 11.3 Å². The van der Waals surface area contributed by atoms with Crippen molar-refractivity contribution in [3.8, 4) is 0 Å². The van der Waals surface area contributed by atoms with Crippen LogP contribution in [-0.4, -0.2) is 20.8 Å². The van der Waals surface area contributed by atoms with Crippen LogP contribution in [0.5, 0.6) is 0 Å². The summed E-state index contributed by atoms with van der Waals surface area (Å²) >= 11 is 6.14. The molecule has 2 aromatic rings. The van der Waals surface area contributed by atoms with Crippen LogP contribution in [0.4, 0.5) is 5.69 Å². The number of hydrogen-bond donors (Lipinski definition) is 0. The monoisotopic (exact) mass is 291 g/mol. The molecule has 2 rings (SSSR count). The molecule has 1 aromatic heterocycles. The first-order chi connectivity index (χ1) is 9.63. The molecule has 106 valence electrons. The lowest BCUT2D eigenvalue weighted by atomic mass is 10.1. The van der Waals surface area contributed by atoms with E-state index in [0.29, 0.717) is 13.1 Å². The Labute approximate surface area is 124 Å². The lowest BCUT2D eigenvalue weighted by Crippen LogP contribution is -2.38. The molecule has 0 radical (unpaired) electrons. The Morgan fingerprint density at radius 2 is 2.20 bits per heavy atom. The molecule has 5 heteroatoms. The fraction of sp³-hybridized carbons (Fsp3) is 0.333. The SMILES string of the molecule is CCC(Cl)C(=O)N(Cn1ccnc1)c1ccccc1C. The van der Waals surface area contributed by atoms with Crippen molar-refractivity contribution in [3.05, 3.63) is 48.5 Å².